The van der Waals surface area contributed by atoms with E-state index in [0.29, 0.717) is 17.6 Å². The quantitative estimate of drug-likeness (QED) is 0.853. The second-order valence-corrected chi connectivity index (χ2v) is 5.62. The Balaban J connectivity index is 1.69. The van der Waals surface area contributed by atoms with E-state index in [1.165, 1.54) is 26.3 Å². The molecule has 6 nitrogen and oxygen atoms in total. The van der Waals surface area contributed by atoms with Crippen LogP contribution in [-0.2, 0) is 0 Å². The molecular weight excluding hydrogens is 256 g/mol. The molecule has 20 heavy (non-hydrogen) atoms. The van der Waals surface area contributed by atoms with Gasteiger partial charge in [0, 0.05) is 19.1 Å². The molecule has 0 saturated carbocycles. The average molecular weight is 278 g/mol. The van der Waals surface area contributed by atoms with Crippen LogP contribution in [0.1, 0.15) is 25.7 Å². The van der Waals surface area contributed by atoms with Gasteiger partial charge in [-0.1, -0.05) is 0 Å². The Morgan fingerprint density at radius 3 is 2.80 bits per heavy atom. The minimum Gasteiger partial charge on any atom is -0.489 e. The van der Waals surface area contributed by atoms with Crippen molar-refractivity contribution in [2.24, 2.45) is 5.92 Å². The molecule has 0 bridgehead atoms. The molecule has 0 aliphatic carbocycles. The second-order valence-electron chi connectivity index (χ2n) is 5.62. The van der Waals surface area contributed by atoms with Crippen molar-refractivity contribution in [3.8, 4) is 5.75 Å². The minimum absolute atomic E-state index is 0.211. The normalized spacial score (nSPS) is 24.1. The zero-order valence-electron chi connectivity index (χ0n) is 11.9. The van der Waals surface area contributed by atoms with Crippen LogP contribution in [-0.4, -0.2) is 42.8 Å². The minimum atomic E-state index is -0.211. The van der Waals surface area contributed by atoms with Crippen LogP contribution in [0.2, 0.25) is 0 Å². The van der Waals surface area contributed by atoms with Crippen molar-refractivity contribution in [1.29, 1.82) is 0 Å². The number of anilines is 1. The van der Waals surface area contributed by atoms with Gasteiger partial charge < -0.3 is 19.9 Å². The van der Waals surface area contributed by atoms with E-state index in [0.717, 1.165) is 38.4 Å². The van der Waals surface area contributed by atoms with Gasteiger partial charge in [0.2, 0.25) is 5.75 Å². The maximum Gasteiger partial charge on any atom is 0.295 e. The molecule has 110 valence electrons. The molecular formula is C14H22N4O2. The van der Waals surface area contributed by atoms with Crippen molar-refractivity contribution >= 4 is 5.82 Å². The second kappa shape index (κ2) is 5.83. The van der Waals surface area contributed by atoms with E-state index in [2.05, 4.69) is 20.2 Å². The molecule has 0 aromatic carbocycles. The number of methoxy groups -OCH3 is 1. The topological polar surface area (TPSA) is 70.2 Å². The number of piperidine rings is 1. The summed E-state index contributed by atoms with van der Waals surface area (Å²) in [4.78, 5) is 20.7. The SMILES string of the molecule is COc1c(N2CCC(C3CCCN3)CC2)nc[nH]c1=O. The largest absolute Gasteiger partial charge is 0.489 e. The highest BCUT2D eigenvalue weighted by molar-refractivity contribution is 5.50. The lowest BCUT2D eigenvalue weighted by atomic mass is 9.88. The summed E-state index contributed by atoms with van der Waals surface area (Å²) in [5.74, 6) is 1.75. The van der Waals surface area contributed by atoms with Gasteiger partial charge >= 0.3 is 0 Å². The molecule has 2 aliphatic heterocycles. The summed E-state index contributed by atoms with van der Waals surface area (Å²) < 4.78 is 5.20. The summed E-state index contributed by atoms with van der Waals surface area (Å²) in [6, 6.07) is 0.686. The van der Waals surface area contributed by atoms with Crippen LogP contribution in [0.4, 0.5) is 5.82 Å². The lowest BCUT2D eigenvalue weighted by Gasteiger charge is -2.35. The van der Waals surface area contributed by atoms with Gasteiger partial charge in [0.05, 0.1) is 13.4 Å². The molecule has 2 fully saturated rings. The van der Waals surface area contributed by atoms with Crippen LogP contribution >= 0.6 is 0 Å². The van der Waals surface area contributed by atoms with Crippen LogP contribution in [0.5, 0.6) is 5.75 Å². The summed E-state index contributed by atoms with van der Waals surface area (Å²) in [6.07, 6.45) is 6.35. The van der Waals surface area contributed by atoms with Gasteiger partial charge in [0.25, 0.3) is 5.56 Å². The van der Waals surface area contributed by atoms with Crippen molar-refractivity contribution < 1.29 is 4.74 Å². The maximum absolute atomic E-state index is 11.7. The first-order valence-electron chi connectivity index (χ1n) is 7.39. The number of nitrogens with zero attached hydrogens (tertiary/aromatic N) is 2. The van der Waals surface area contributed by atoms with E-state index >= 15 is 0 Å². The zero-order chi connectivity index (χ0) is 13.9. The standard InChI is InChI=1S/C14H22N4O2/c1-20-12-13(16-9-17-14(12)19)18-7-4-10(5-8-18)11-3-2-6-15-11/h9-11,15H,2-8H2,1H3,(H,16,17,19). The zero-order valence-corrected chi connectivity index (χ0v) is 11.9. The average Bonchev–Trinajstić information content (AvgIpc) is 3.01. The molecule has 3 heterocycles. The number of hydrogen-bond donors (Lipinski definition) is 2. The molecule has 1 aromatic heterocycles. The molecule has 0 radical (unpaired) electrons. The van der Waals surface area contributed by atoms with Gasteiger partial charge in [-0.05, 0) is 38.1 Å². The molecule has 2 saturated heterocycles. The summed E-state index contributed by atoms with van der Waals surface area (Å²) in [5.41, 5.74) is -0.211. The van der Waals surface area contributed by atoms with Gasteiger partial charge in [-0.15, -0.1) is 0 Å². The summed E-state index contributed by atoms with van der Waals surface area (Å²) >= 11 is 0. The van der Waals surface area contributed by atoms with Crippen LogP contribution < -0.4 is 20.5 Å². The third-order valence-corrected chi connectivity index (χ3v) is 4.50. The van der Waals surface area contributed by atoms with Gasteiger partial charge in [0.1, 0.15) is 0 Å². The van der Waals surface area contributed by atoms with Crippen LogP contribution in [0.25, 0.3) is 0 Å². The van der Waals surface area contributed by atoms with Crippen LogP contribution in [0.15, 0.2) is 11.1 Å². The first-order valence-corrected chi connectivity index (χ1v) is 7.39. The smallest absolute Gasteiger partial charge is 0.295 e. The number of H-pyrrole nitrogens is 1. The summed E-state index contributed by atoms with van der Waals surface area (Å²) in [5, 5.41) is 3.60. The predicted molar refractivity (Wildman–Crippen MR) is 77.4 cm³/mol. The van der Waals surface area contributed by atoms with Crippen molar-refractivity contribution in [1.82, 2.24) is 15.3 Å². The van der Waals surface area contributed by atoms with E-state index in [1.54, 1.807) is 0 Å². The van der Waals surface area contributed by atoms with Gasteiger partial charge in [0.15, 0.2) is 5.82 Å². The third-order valence-electron chi connectivity index (χ3n) is 4.50. The number of nitrogens with one attached hydrogen (secondary N) is 2. The number of aromatic nitrogens is 2. The lowest BCUT2D eigenvalue weighted by Crippen LogP contribution is -2.41. The van der Waals surface area contributed by atoms with E-state index < -0.39 is 0 Å². The fraction of sp³-hybridized carbons (Fsp3) is 0.714. The van der Waals surface area contributed by atoms with Crippen molar-refractivity contribution in [3.63, 3.8) is 0 Å². The molecule has 1 unspecified atom stereocenters. The first kappa shape index (κ1) is 13.4. The molecule has 2 aliphatic rings. The van der Waals surface area contributed by atoms with E-state index in [9.17, 15) is 4.79 Å². The highest BCUT2D eigenvalue weighted by atomic mass is 16.5. The van der Waals surface area contributed by atoms with Crippen molar-refractivity contribution in [3.05, 3.63) is 16.7 Å². The Kier molecular flexibility index (Phi) is 3.91. The molecule has 6 heteroatoms. The van der Waals surface area contributed by atoms with E-state index in [1.807, 2.05) is 0 Å². The fourth-order valence-electron chi connectivity index (χ4n) is 3.41. The van der Waals surface area contributed by atoms with Crippen molar-refractivity contribution in [2.45, 2.75) is 31.7 Å². The highest BCUT2D eigenvalue weighted by Crippen LogP contribution is 2.29. The Labute approximate surface area is 118 Å². The number of rotatable bonds is 3. The Bertz CT molecular complexity index is 502. The summed E-state index contributed by atoms with van der Waals surface area (Å²) in [7, 11) is 1.52. The molecule has 1 aromatic rings. The number of aromatic amines is 1. The van der Waals surface area contributed by atoms with Crippen LogP contribution in [0, 0.1) is 5.92 Å². The van der Waals surface area contributed by atoms with Crippen LogP contribution in [0.3, 0.4) is 0 Å². The lowest BCUT2D eigenvalue weighted by molar-refractivity contribution is 0.316. The molecule has 3 rings (SSSR count). The van der Waals surface area contributed by atoms with E-state index in [4.69, 9.17) is 4.74 Å². The highest BCUT2D eigenvalue weighted by Gasteiger charge is 2.29. The number of hydrogen-bond acceptors (Lipinski definition) is 5. The molecule has 2 N–H and O–H groups in total. The summed E-state index contributed by atoms with van der Waals surface area (Å²) in [6.45, 7) is 3.04. The predicted octanol–water partition coefficient (Wildman–Crippen LogP) is 0.747. The van der Waals surface area contributed by atoms with Gasteiger partial charge in [-0.3, -0.25) is 4.79 Å². The maximum atomic E-state index is 11.7. The number of ether oxygens (including phenoxy) is 1. The monoisotopic (exact) mass is 278 g/mol. The van der Waals surface area contributed by atoms with Gasteiger partial charge in [-0.25, -0.2) is 4.98 Å². The third kappa shape index (κ3) is 2.52. The van der Waals surface area contributed by atoms with E-state index in [-0.39, 0.29) is 5.56 Å². The Morgan fingerprint density at radius 2 is 2.15 bits per heavy atom. The Hall–Kier alpha value is -1.56. The first-order chi connectivity index (χ1) is 9.79. The molecule has 0 spiro atoms. The Morgan fingerprint density at radius 1 is 1.35 bits per heavy atom. The van der Waals surface area contributed by atoms with Gasteiger partial charge in [-0.2, -0.15) is 0 Å². The van der Waals surface area contributed by atoms with Crippen molar-refractivity contribution in [2.75, 3.05) is 31.6 Å². The molecule has 1 atom stereocenters. The fourth-order valence-corrected chi connectivity index (χ4v) is 3.41. The molecule has 0 amide bonds.